The second-order valence-corrected chi connectivity index (χ2v) is 5.51. The van der Waals surface area contributed by atoms with Gasteiger partial charge in [0.1, 0.15) is 10.3 Å². The summed E-state index contributed by atoms with van der Waals surface area (Å²) in [5, 5.41) is 3.18. The van der Waals surface area contributed by atoms with Crippen molar-refractivity contribution < 1.29 is 4.79 Å². The SMILES string of the molecule is CC(C)c1ccc(NC(=O)c2cc(Cl)nc(Cl)c2)cc1. The number of nitrogens with one attached hydrogen (secondary N) is 1. The van der Waals surface area contributed by atoms with Gasteiger partial charge in [-0.05, 0) is 35.7 Å². The standard InChI is InChI=1S/C15H14Cl2N2O/c1-9(2)10-3-5-12(6-4-10)18-15(20)11-7-13(16)19-14(17)8-11/h3-9H,1-2H3,(H,18,20). The van der Waals surface area contributed by atoms with Gasteiger partial charge in [0.05, 0.1) is 0 Å². The number of hydrogen-bond donors (Lipinski definition) is 1. The minimum atomic E-state index is -0.270. The number of amides is 1. The van der Waals surface area contributed by atoms with Gasteiger partial charge in [-0.15, -0.1) is 0 Å². The number of rotatable bonds is 3. The smallest absolute Gasteiger partial charge is 0.255 e. The molecule has 0 aliphatic rings. The summed E-state index contributed by atoms with van der Waals surface area (Å²) in [6.45, 7) is 4.24. The van der Waals surface area contributed by atoms with E-state index in [0.29, 0.717) is 11.5 Å². The molecule has 5 heteroatoms. The van der Waals surface area contributed by atoms with Crippen molar-refractivity contribution in [3.63, 3.8) is 0 Å². The zero-order valence-corrected chi connectivity index (χ0v) is 12.7. The van der Waals surface area contributed by atoms with E-state index in [9.17, 15) is 4.79 Å². The molecule has 0 aliphatic carbocycles. The van der Waals surface area contributed by atoms with Crippen LogP contribution in [0.4, 0.5) is 5.69 Å². The predicted octanol–water partition coefficient (Wildman–Crippen LogP) is 4.76. The first-order valence-electron chi connectivity index (χ1n) is 6.20. The number of halogens is 2. The highest BCUT2D eigenvalue weighted by Crippen LogP contribution is 2.19. The van der Waals surface area contributed by atoms with Crippen LogP contribution in [0.25, 0.3) is 0 Å². The summed E-state index contributed by atoms with van der Waals surface area (Å²) in [6, 6.07) is 10.7. The lowest BCUT2D eigenvalue weighted by atomic mass is 10.0. The van der Waals surface area contributed by atoms with Gasteiger partial charge in [0, 0.05) is 11.3 Å². The summed E-state index contributed by atoms with van der Waals surface area (Å²) in [7, 11) is 0. The Morgan fingerprint density at radius 1 is 1.10 bits per heavy atom. The molecule has 1 aromatic heterocycles. The van der Waals surface area contributed by atoms with E-state index in [-0.39, 0.29) is 16.2 Å². The fourth-order valence-electron chi connectivity index (χ4n) is 1.75. The van der Waals surface area contributed by atoms with Gasteiger partial charge in [-0.25, -0.2) is 4.98 Å². The van der Waals surface area contributed by atoms with E-state index < -0.39 is 0 Å². The van der Waals surface area contributed by atoms with Crippen molar-refractivity contribution in [1.29, 1.82) is 0 Å². The van der Waals surface area contributed by atoms with Crippen molar-refractivity contribution in [2.24, 2.45) is 0 Å². The predicted molar refractivity (Wildman–Crippen MR) is 82.7 cm³/mol. The van der Waals surface area contributed by atoms with E-state index in [1.165, 1.54) is 17.7 Å². The van der Waals surface area contributed by atoms with Crippen LogP contribution < -0.4 is 5.32 Å². The van der Waals surface area contributed by atoms with Crippen molar-refractivity contribution in [3.8, 4) is 0 Å². The Balaban J connectivity index is 2.14. The normalized spacial score (nSPS) is 10.7. The minimum Gasteiger partial charge on any atom is -0.322 e. The van der Waals surface area contributed by atoms with Crippen LogP contribution in [-0.2, 0) is 0 Å². The molecule has 0 fully saturated rings. The number of hydrogen-bond acceptors (Lipinski definition) is 2. The van der Waals surface area contributed by atoms with E-state index in [0.717, 1.165) is 5.69 Å². The molecule has 0 bridgehead atoms. The molecule has 0 aliphatic heterocycles. The fraction of sp³-hybridized carbons (Fsp3) is 0.200. The van der Waals surface area contributed by atoms with Crippen molar-refractivity contribution in [3.05, 3.63) is 57.8 Å². The third-order valence-electron chi connectivity index (χ3n) is 2.86. The van der Waals surface area contributed by atoms with Gasteiger partial charge in [-0.3, -0.25) is 4.79 Å². The van der Waals surface area contributed by atoms with Gasteiger partial charge < -0.3 is 5.32 Å². The Kier molecular flexibility index (Phi) is 4.63. The molecular weight excluding hydrogens is 295 g/mol. The monoisotopic (exact) mass is 308 g/mol. The van der Waals surface area contributed by atoms with Crippen LogP contribution in [-0.4, -0.2) is 10.9 Å². The second kappa shape index (κ2) is 6.25. The molecule has 20 heavy (non-hydrogen) atoms. The molecule has 1 amide bonds. The first kappa shape index (κ1) is 14.8. The summed E-state index contributed by atoms with van der Waals surface area (Å²) < 4.78 is 0. The summed E-state index contributed by atoms with van der Waals surface area (Å²) >= 11 is 11.6. The lowest BCUT2D eigenvalue weighted by Crippen LogP contribution is -2.12. The molecule has 1 aromatic carbocycles. The largest absolute Gasteiger partial charge is 0.322 e. The Bertz CT molecular complexity index is 604. The summed E-state index contributed by atoms with van der Waals surface area (Å²) in [5.41, 5.74) is 2.32. The van der Waals surface area contributed by atoms with Crippen molar-refractivity contribution >= 4 is 34.8 Å². The molecule has 0 saturated carbocycles. The van der Waals surface area contributed by atoms with Crippen LogP contribution in [0.15, 0.2) is 36.4 Å². The van der Waals surface area contributed by atoms with Gasteiger partial charge in [0.2, 0.25) is 0 Å². The van der Waals surface area contributed by atoms with E-state index in [1.807, 2.05) is 24.3 Å². The highest BCUT2D eigenvalue weighted by Gasteiger charge is 2.09. The summed E-state index contributed by atoms with van der Waals surface area (Å²) in [5.74, 6) is 0.186. The Labute approximate surface area is 127 Å². The number of nitrogens with zero attached hydrogens (tertiary/aromatic N) is 1. The average molecular weight is 309 g/mol. The van der Waals surface area contributed by atoms with E-state index >= 15 is 0 Å². The second-order valence-electron chi connectivity index (χ2n) is 4.73. The first-order valence-corrected chi connectivity index (χ1v) is 6.95. The third kappa shape index (κ3) is 3.71. The molecule has 0 atom stereocenters. The molecule has 0 saturated heterocycles. The maximum Gasteiger partial charge on any atom is 0.255 e. The lowest BCUT2D eigenvalue weighted by molar-refractivity contribution is 0.102. The van der Waals surface area contributed by atoms with Gasteiger partial charge in [0.15, 0.2) is 0 Å². The van der Waals surface area contributed by atoms with Crippen molar-refractivity contribution in [2.75, 3.05) is 5.32 Å². The number of pyridine rings is 1. The Hall–Kier alpha value is -1.58. The summed E-state index contributed by atoms with van der Waals surface area (Å²) in [4.78, 5) is 15.9. The molecular formula is C15H14Cl2N2O. The third-order valence-corrected chi connectivity index (χ3v) is 3.25. The molecule has 0 unspecified atom stereocenters. The molecule has 2 aromatic rings. The summed E-state index contributed by atoms with van der Waals surface area (Å²) in [6.07, 6.45) is 0. The number of anilines is 1. The van der Waals surface area contributed by atoms with Gasteiger partial charge >= 0.3 is 0 Å². The van der Waals surface area contributed by atoms with Crippen LogP contribution in [0, 0.1) is 0 Å². The zero-order chi connectivity index (χ0) is 14.7. The van der Waals surface area contributed by atoms with Crippen molar-refractivity contribution in [2.45, 2.75) is 19.8 Å². The van der Waals surface area contributed by atoms with Crippen molar-refractivity contribution in [1.82, 2.24) is 4.98 Å². The Morgan fingerprint density at radius 2 is 1.65 bits per heavy atom. The molecule has 3 nitrogen and oxygen atoms in total. The van der Waals surface area contributed by atoms with Crippen LogP contribution in [0.2, 0.25) is 10.3 Å². The van der Waals surface area contributed by atoms with Crippen LogP contribution in [0.5, 0.6) is 0 Å². The minimum absolute atomic E-state index is 0.192. The first-order chi connectivity index (χ1) is 9.45. The number of aromatic nitrogens is 1. The number of carbonyl (C=O) groups excluding carboxylic acids is 1. The molecule has 0 radical (unpaired) electrons. The number of benzene rings is 1. The van der Waals surface area contributed by atoms with Crippen LogP contribution >= 0.6 is 23.2 Å². The molecule has 0 spiro atoms. The average Bonchev–Trinajstić information content (AvgIpc) is 2.38. The molecule has 1 N–H and O–H groups in total. The van der Waals surface area contributed by atoms with Crippen LogP contribution in [0.1, 0.15) is 35.7 Å². The van der Waals surface area contributed by atoms with Crippen LogP contribution in [0.3, 0.4) is 0 Å². The lowest BCUT2D eigenvalue weighted by Gasteiger charge is -2.08. The van der Waals surface area contributed by atoms with E-state index in [1.54, 1.807) is 0 Å². The van der Waals surface area contributed by atoms with Gasteiger partial charge in [-0.1, -0.05) is 49.2 Å². The Morgan fingerprint density at radius 3 is 2.15 bits per heavy atom. The number of carbonyl (C=O) groups is 1. The van der Waals surface area contributed by atoms with Gasteiger partial charge in [-0.2, -0.15) is 0 Å². The fourth-order valence-corrected chi connectivity index (χ4v) is 2.21. The molecule has 104 valence electrons. The van der Waals surface area contributed by atoms with E-state index in [4.69, 9.17) is 23.2 Å². The highest BCUT2D eigenvalue weighted by molar-refractivity contribution is 6.33. The van der Waals surface area contributed by atoms with E-state index in [2.05, 4.69) is 24.1 Å². The zero-order valence-electron chi connectivity index (χ0n) is 11.2. The molecule has 2 rings (SSSR count). The maximum absolute atomic E-state index is 12.1. The maximum atomic E-state index is 12.1. The highest BCUT2D eigenvalue weighted by atomic mass is 35.5. The van der Waals surface area contributed by atoms with Gasteiger partial charge in [0.25, 0.3) is 5.91 Å². The topological polar surface area (TPSA) is 42.0 Å². The molecule has 1 heterocycles. The quantitative estimate of drug-likeness (QED) is 0.830.